The molecular formula is C10H20O3. The van der Waals surface area contributed by atoms with Crippen molar-refractivity contribution in [3.8, 4) is 0 Å². The van der Waals surface area contributed by atoms with Gasteiger partial charge in [0, 0.05) is 6.08 Å². The average molecular weight is 188 g/mol. The number of carbonyl (C=O) groups is 1. The first kappa shape index (κ1) is 14.7. The summed E-state index contributed by atoms with van der Waals surface area (Å²) < 4.78 is 0. The minimum absolute atomic E-state index is 0.125. The third kappa shape index (κ3) is 24.7. The van der Waals surface area contributed by atoms with Crippen LogP contribution in [0.15, 0.2) is 12.2 Å². The molecular weight excluding hydrogens is 168 g/mol. The minimum Gasteiger partial charge on any atom is -0.478 e. The van der Waals surface area contributed by atoms with Crippen LogP contribution in [0.5, 0.6) is 0 Å². The quantitative estimate of drug-likeness (QED) is 0.666. The van der Waals surface area contributed by atoms with E-state index in [0.717, 1.165) is 12.5 Å². The summed E-state index contributed by atoms with van der Waals surface area (Å²) in [5.41, 5.74) is 0. The topological polar surface area (TPSA) is 57.5 Å². The maximum atomic E-state index is 9.51. The average Bonchev–Trinajstić information content (AvgIpc) is 1.83. The first-order chi connectivity index (χ1) is 5.90. The lowest BCUT2D eigenvalue weighted by atomic mass is 10.1. The highest BCUT2D eigenvalue weighted by atomic mass is 16.4. The molecule has 0 rings (SSSR count). The van der Waals surface area contributed by atoms with Crippen molar-refractivity contribution in [2.45, 2.75) is 40.2 Å². The number of rotatable bonds is 3. The second-order valence-corrected chi connectivity index (χ2v) is 3.32. The standard InChI is InChI=1S/C6H14O.C4H6O2/c1-5(2)4-6(3)7;1-2-3-4(5)6/h5-7H,4H2,1-3H3;2-3H,1H3,(H,5,6). The van der Waals surface area contributed by atoms with Crippen molar-refractivity contribution in [2.24, 2.45) is 5.92 Å². The van der Waals surface area contributed by atoms with E-state index in [9.17, 15) is 4.79 Å². The largest absolute Gasteiger partial charge is 0.478 e. The van der Waals surface area contributed by atoms with Crippen LogP contribution in [0, 0.1) is 5.92 Å². The molecule has 0 aromatic heterocycles. The minimum atomic E-state index is -0.891. The van der Waals surface area contributed by atoms with Gasteiger partial charge in [0.1, 0.15) is 0 Å². The molecule has 0 aliphatic rings. The van der Waals surface area contributed by atoms with E-state index < -0.39 is 5.97 Å². The highest BCUT2D eigenvalue weighted by molar-refractivity contribution is 5.79. The van der Waals surface area contributed by atoms with E-state index in [-0.39, 0.29) is 6.10 Å². The first-order valence-electron chi connectivity index (χ1n) is 4.43. The fourth-order valence-electron chi connectivity index (χ4n) is 0.825. The molecule has 0 heterocycles. The number of aliphatic hydroxyl groups excluding tert-OH is 1. The summed E-state index contributed by atoms with van der Waals surface area (Å²) in [4.78, 5) is 9.51. The van der Waals surface area contributed by atoms with Crippen LogP contribution in [-0.2, 0) is 4.79 Å². The van der Waals surface area contributed by atoms with Gasteiger partial charge in [0.15, 0.2) is 0 Å². The molecule has 3 nitrogen and oxygen atoms in total. The fraction of sp³-hybridized carbons (Fsp3) is 0.700. The molecule has 0 radical (unpaired) electrons. The van der Waals surface area contributed by atoms with E-state index >= 15 is 0 Å². The van der Waals surface area contributed by atoms with Gasteiger partial charge in [0.05, 0.1) is 6.10 Å². The van der Waals surface area contributed by atoms with E-state index in [1.165, 1.54) is 6.08 Å². The van der Waals surface area contributed by atoms with Gasteiger partial charge in [-0.1, -0.05) is 19.9 Å². The van der Waals surface area contributed by atoms with Crippen LogP contribution in [0.25, 0.3) is 0 Å². The maximum Gasteiger partial charge on any atom is 0.327 e. The van der Waals surface area contributed by atoms with Crippen LogP contribution in [0.2, 0.25) is 0 Å². The van der Waals surface area contributed by atoms with Gasteiger partial charge in [-0.25, -0.2) is 4.79 Å². The summed E-state index contributed by atoms with van der Waals surface area (Å²) in [5.74, 6) is -0.266. The highest BCUT2D eigenvalue weighted by Crippen LogP contribution is 2.01. The zero-order chi connectivity index (χ0) is 10.9. The predicted octanol–water partition coefficient (Wildman–Crippen LogP) is 2.06. The van der Waals surface area contributed by atoms with Crippen LogP contribution in [0.3, 0.4) is 0 Å². The summed E-state index contributed by atoms with van der Waals surface area (Å²) >= 11 is 0. The monoisotopic (exact) mass is 188 g/mol. The SMILES string of the molecule is CC(C)CC(C)O.CC=CC(=O)O. The molecule has 0 saturated heterocycles. The van der Waals surface area contributed by atoms with Gasteiger partial charge in [0.2, 0.25) is 0 Å². The Labute approximate surface area is 80.1 Å². The predicted molar refractivity (Wildman–Crippen MR) is 53.6 cm³/mol. The number of aliphatic carboxylic acids is 1. The smallest absolute Gasteiger partial charge is 0.327 e. The number of aliphatic hydroxyl groups is 1. The van der Waals surface area contributed by atoms with Crippen LogP contribution in [0.1, 0.15) is 34.1 Å². The molecule has 0 amide bonds. The number of carboxylic acids is 1. The molecule has 0 fully saturated rings. The first-order valence-corrected chi connectivity index (χ1v) is 4.43. The number of hydrogen-bond donors (Lipinski definition) is 2. The van der Waals surface area contributed by atoms with Crippen molar-refractivity contribution in [3.05, 3.63) is 12.2 Å². The summed E-state index contributed by atoms with van der Waals surface area (Å²) in [5, 5.41) is 16.5. The summed E-state index contributed by atoms with van der Waals surface area (Å²) in [6.45, 7) is 7.69. The molecule has 3 heteroatoms. The van der Waals surface area contributed by atoms with Crippen LogP contribution in [-0.4, -0.2) is 22.3 Å². The third-order valence-electron chi connectivity index (χ3n) is 1.12. The Bertz CT molecular complexity index is 142. The van der Waals surface area contributed by atoms with Crippen LogP contribution < -0.4 is 0 Å². The maximum absolute atomic E-state index is 9.51. The summed E-state index contributed by atoms with van der Waals surface area (Å²) in [6.07, 6.45) is 3.35. The Morgan fingerprint density at radius 1 is 1.38 bits per heavy atom. The molecule has 0 aliphatic heterocycles. The van der Waals surface area contributed by atoms with Gasteiger partial charge in [-0.2, -0.15) is 0 Å². The van der Waals surface area contributed by atoms with Crippen molar-refractivity contribution in [1.29, 1.82) is 0 Å². The van der Waals surface area contributed by atoms with Gasteiger partial charge >= 0.3 is 5.97 Å². The molecule has 0 spiro atoms. The van der Waals surface area contributed by atoms with E-state index in [1.54, 1.807) is 6.92 Å². The van der Waals surface area contributed by atoms with E-state index in [0.29, 0.717) is 5.92 Å². The number of hydrogen-bond acceptors (Lipinski definition) is 2. The Balaban J connectivity index is 0. The van der Waals surface area contributed by atoms with Crippen LogP contribution >= 0.6 is 0 Å². The third-order valence-corrected chi connectivity index (χ3v) is 1.12. The Kier molecular flexibility index (Phi) is 10.5. The molecule has 0 aromatic rings. The molecule has 13 heavy (non-hydrogen) atoms. The fourth-order valence-corrected chi connectivity index (χ4v) is 0.825. The van der Waals surface area contributed by atoms with Crippen molar-refractivity contribution in [2.75, 3.05) is 0 Å². The number of carboxylic acid groups (broad SMARTS) is 1. The molecule has 0 aromatic carbocycles. The van der Waals surface area contributed by atoms with Crippen molar-refractivity contribution < 1.29 is 15.0 Å². The van der Waals surface area contributed by atoms with Gasteiger partial charge in [-0.15, -0.1) is 0 Å². The summed E-state index contributed by atoms with van der Waals surface area (Å²) in [7, 11) is 0. The van der Waals surface area contributed by atoms with Gasteiger partial charge in [-0.3, -0.25) is 0 Å². The molecule has 1 atom stereocenters. The van der Waals surface area contributed by atoms with Gasteiger partial charge < -0.3 is 10.2 Å². The Morgan fingerprint density at radius 2 is 1.85 bits per heavy atom. The van der Waals surface area contributed by atoms with Crippen molar-refractivity contribution >= 4 is 5.97 Å². The molecule has 2 N–H and O–H groups in total. The Hall–Kier alpha value is -0.830. The summed E-state index contributed by atoms with van der Waals surface area (Å²) in [6, 6.07) is 0. The number of allylic oxidation sites excluding steroid dienone is 1. The van der Waals surface area contributed by atoms with E-state index in [2.05, 4.69) is 13.8 Å². The molecule has 0 aliphatic carbocycles. The normalized spacial score (nSPS) is 12.5. The van der Waals surface area contributed by atoms with E-state index in [4.69, 9.17) is 10.2 Å². The lowest BCUT2D eigenvalue weighted by molar-refractivity contribution is -0.131. The second kappa shape index (κ2) is 9.26. The zero-order valence-electron chi connectivity index (χ0n) is 8.82. The van der Waals surface area contributed by atoms with E-state index in [1.807, 2.05) is 6.92 Å². The lowest BCUT2D eigenvalue weighted by Crippen LogP contribution is -2.03. The van der Waals surface area contributed by atoms with Gasteiger partial charge in [-0.05, 0) is 26.2 Å². The molecule has 0 saturated carbocycles. The van der Waals surface area contributed by atoms with Crippen LogP contribution in [0.4, 0.5) is 0 Å². The lowest BCUT2D eigenvalue weighted by Gasteiger charge is -2.04. The Morgan fingerprint density at radius 3 is 1.85 bits per heavy atom. The molecule has 0 bridgehead atoms. The highest BCUT2D eigenvalue weighted by Gasteiger charge is 1.97. The van der Waals surface area contributed by atoms with Gasteiger partial charge in [0.25, 0.3) is 0 Å². The molecule has 1 unspecified atom stereocenters. The molecule has 78 valence electrons. The van der Waals surface area contributed by atoms with Crippen molar-refractivity contribution in [3.63, 3.8) is 0 Å². The zero-order valence-corrected chi connectivity index (χ0v) is 8.82. The second-order valence-electron chi connectivity index (χ2n) is 3.32. The van der Waals surface area contributed by atoms with Crippen molar-refractivity contribution in [1.82, 2.24) is 0 Å².